The Hall–Kier alpha value is -1.34. The van der Waals surface area contributed by atoms with E-state index in [2.05, 4.69) is 26.2 Å². The molecule has 21 heavy (non-hydrogen) atoms. The molecular formula is C14H12BrF3N2O. The molecule has 0 unspecified atom stereocenters. The van der Waals surface area contributed by atoms with E-state index in [0.29, 0.717) is 23.0 Å². The van der Waals surface area contributed by atoms with Crippen LogP contribution in [0.1, 0.15) is 24.3 Å². The van der Waals surface area contributed by atoms with Crippen LogP contribution in [0.2, 0.25) is 0 Å². The number of alkyl halides is 3. The highest BCUT2D eigenvalue weighted by Crippen LogP contribution is 2.38. The summed E-state index contributed by atoms with van der Waals surface area (Å²) in [6.45, 7) is 0.433. The van der Waals surface area contributed by atoms with Gasteiger partial charge in [0.1, 0.15) is 0 Å². The summed E-state index contributed by atoms with van der Waals surface area (Å²) in [5, 5.41) is 3.21. The van der Waals surface area contributed by atoms with Crippen LogP contribution in [-0.2, 0) is 12.7 Å². The lowest BCUT2D eigenvalue weighted by Gasteiger charge is -2.11. The SMILES string of the molecule is FC(F)(F)c1cc(Br)ccc1-c1cnc(CNC2CC2)o1. The molecule has 3 rings (SSSR count). The van der Waals surface area contributed by atoms with E-state index in [1.54, 1.807) is 6.07 Å². The Balaban J connectivity index is 1.88. The van der Waals surface area contributed by atoms with E-state index >= 15 is 0 Å². The summed E-state index contributed by atoms with van der Waals surface area (Å²) in [6.07, 6.45) is -0.863. The van der Waals surface area contributed by atoms with Crippen molar-refractivity contribution in [2.45, 2.75) is 31.6 Å². The van der Waals surface area contributed by atoms with E-state index in [1.807, 2.05) is 0 Å². The summed E-state index contributed by atoms with van der Waals surface area (Å²) in [5.41, 5.74) is -0.745. The number of nitrogens with one attached hydrogen (secondary N) is 1. The maximum absolute atomic E-state index is 13.1. The fourth-order valence-corrected chi connectivity index (χ4v) is 2.36. The quantitative estimate of drug-likeness (QED) is 0.879. The standard InChI is InChI=1S/C14H12BrF3N2O/c15-8-1-4-10(11(5-8)14(16,17)18)12-6-20-13(21-12)7-19-9-2-3-9/h1,4-6,9,19H,2-3,7H2. The maximum atomic E-state index is 13.1. The number of benzene rings is 1. The van der Waals surface area contributed by atoms with Crippen LogP contribution in [0.4, 0.5) is 13.2 Å². The van der Waals surface area contributed by atoms with Gasteiger partial charge < -0.3 is 9.73 Å². The lowest BCUT2D eigenvalue weighted by Crippen LogP contribution is -2.15. The minimum atomic E-state index is -4.45. The Morgan fingerprint density at radius 3 is 2.76 bits per heavy atom. The zero-order valence-electron chi connectivity index (χ0n) is 10.9. The van der Waals surface area contributed by atoms with Crippen molar-refractivity contribution in [1.82, 2.24) is 10.3 Å². The molecule has 0 radical (unpaired) electrons. The summed E-state index contributed by atoms with van der Waals surface area (Å²) >= 11 is 3.06. The summed E-state index contributed by atoms with van der Waals surface area (Å²) in [5.74, 6) is 0.523. The predicted molar refractivity (Wildman–Crippen MR) is 74.5 cm³/mol. The highest BCUT2D eigenvalue weighted by molar-refractivity contribution is 9.10. The van der Waals surface area contributed by atoms with Gasteiger partial charge in [-0.05, 0) is 31.0 Å². The van der Waals surface area contributed by atoms with Crippen LogP contribution in [-0.4, -0.2) is 11.0 Å². The van der Waals surface area contributed by atoms with Gasteiger partial charge in [0.15, 0.2) is 5.76 Å². The molecular weight excluding hydrogens is 349 g/mol. The van der Waals surface area contributed by atoms with E-state index < -0.39 is 11.7 Å². The second-order valence-electron chi connectivity index (χ2n) is 4.96. The van der Waals surface area contributed by atoms with Crippen LogP contribution in [0, 0.1) is 0 Å². The second-order valence-corrected chi connectivity index (χ2v) is 5.88. The number of halogens is 4. The molecule has 1 saturated carbocycles. The fraction of sp³-hybridized carbons (Fsp3) is 0.357. The second kappa shape index (κ2) is 5.46. The number of rotatable bonds is 4. The first kappa shape index (κ1) is 14.6. The number of oxazole rings is 1. The molecule has 0 spiro atoms. The highest BCUT2D eigenvalue weighted by Gasteiger charge is 2.34. The summed E-state index contributed by atoms with van der Waals surface area (Å²) in [7, 11) is 0. The predicted octanol–water partition coefficient (Wildman–Crippen LogP) is 4.37. The van der Waals surface area contributed by atoms with Crippen molar-refractivity contribution in [2.75, 3.05) is 0 Å². The van der Waals surface area contributed by atoms with Gasteiger partial charge in [-0.2, -0.15) is 13.2 Å². The van der Waals surface area contributed by atoms with Gasteiger partial charge in [-0.25, -0.2) is 4.98 Å². The number of hydrogen-bond acceptors (Lipinski definition) is 3. The molecule has 0 saturated heterocycles. The van der Waals surface area contributed by atoms with Gasteiger partial charge in [-0.15, -0.1) is 0 Å². The first-order chi connectivity index (χ1) is 9.93. The summed E-state index contributed by atoms with van der Waals surface area (Å²) < 4.78 is 45.1. The Labute approximate surface area is 127 Å². The molecule has 0 bridgehead atoms. The van der Waals surface area contributed by atoms with Crippen LogP contribution in [0.5, 0.6) is 0 Å². The molecule has 112 valence electrons. The zero-order chi connectivity index (χ0) is 15.0. The Morgan fingerprint density at radius 1 is 1.33 bits per heavy atom. The van der Waals surface area contributed by atoms with Crippen LogP contribution < -0.4 is 5.32 Å². The monoisotopic (exact) mass is 360 g/mol. The van der Waals surface area contributed by atoms with Crippen LogP contribution in [0.25, 0.3) is 11.3 Å². The minimum absolute atomic E-state index is 0.00382. The van der Waals surface area contributed by atoms with E-state index in [-0.39, 0.29) is 11.3 Å². The smallest absolute Gasteiger partial charge is 0.417 e. The van der Waals surface area contributed by atoms with Gasteiger partial charge in [0.2, 0.25) is 5.89 Å². The van der Waals surface area contributed by atoms with Crippen molar-refractivity contribution in [3.63, 3.8) is 0 Å². The topological polar surface area (TPSA) is 38.1 Å². The van der Waals surface area contributed by atoms with Crippen LogP contribution in [0.15, 0.2) is 33.3 Å². The molecule has 0 amide bonds. The highest BCUT2D eigenvalue weighted by atomic mass is 79.9. The van der Waals surface area contributed by atoms with E-state index in [9.17, 15) is 13.2 Å². The molecule has 2 aromatic rings. The fourth-order valence-electron chi connectivity index (χ4n) is 2.00. The van der Waals surface area contributed by atoms with Gasteiger partial charge in [0, 0.05) is 16.1 Å². The average molecular weight is 361 g/mol. The van der Waals surface area contributed by atoms with Gasteiger partial charge in [0.25, 0.3) is 0 Å². The summed E-state index contributed by atoms with van der Waals surface area (Å²) in [4.78, 5) is 4.03. The van der Waals surface area contributed by atoms with E-state index in [4.69, 9.17) is 4.42 Å². The number of aromatic nitrogens is 1. The molecule has 0 aliphatic heterocycles. The molecule has 0 atom stereocenters. The molecule has 7 heteroatoms. The molecule has 1 aromatic heterocycles. The lowest BCUT2D eigenvalue weighted by molar-refractivity contribution is -0.137. The Morgan fingerprint density at radius 2 is 2.10 bits per heavy atom. The molecule has 1 aromatic carbocycles. The molecule has 1 aliphatic rings. The Bertz CT molecular complexity index is 650. The van der Waals surface area contributed by atoms with Crippen molar-refractivity contribution in [2.24, 2.45) is 0 Å². The number of nitrogens with zero attached hydrogens (tertiary/aromatic N) is 1. The van der Waals surface area contributed by atoms with E-state index in [0.717, 1.165) is 18.9 Å². The van der Waals surface area contributed by atoms with Gasteiger partial charge in [-0.1, -0.05) is 15.9 Å². The normalized spacial score (nSPS) is 15.4. The molecule has 1 heterocycles. The zero-order valence-corrected chi connectivity index (χ0v) is 12.5. The molecule has 1 aliphatic carbocycles. The van der Waals surface area contributed by atoms with Gasteiger partial charge >= 0.3 is 6.18 Å². The molecule has 3 nitrogen and oxygen atoms in total. The van der Waals surface area contributed by atoms with Crippen molar-refractivity contribution in [3.8, 4) is 11.3 Å². The Kier molecular flexibility index (Phi) is 3.79. The van der Waals surface area contributed by atoms with Crippen molar-refractivity contribution in [1.29, 1.82) is 0 Å². The molecule has 1 fully saturated rings. The van der Waals surface area contributed by atoms with Crippen LogP contribution >= 0.6 is 15.9 Å². The van der Waals surface area contributed by atoms with Crippen molar-refractivity contribution < 1.29 is 17.6 Å². The average Bonchev–Trinajstić information content (AvgIpc) is 3.13. The van der Waals surface area contributed by atoms with Crippen molar-refractivity contribution in [3.05, 3.63) is 40.3 Å². The molecule has 1 N–H and O–H groups in total. The lowest BCUT2D eigenvalue weighted by atomic mass is 10.1. The first-order valence-electron chi connectivity index (χ1n) is 6.48. The number of hydrogen-bond donors (Lipinski definition) is 1. The van der Waals surface area contributed by atoms with Gasteiger partial charge in [-0.3, -0.25) is 0 Å². The first-order valence-corrected chi connectivity index (χ1v) is 7.28. The third-order valence-corrected chi connectivity index (χ3v) is 3.72. The van der Waals surface area contributed by atoms with E-state index in [1.165, 1.54) is 12.3 Å². The third kappa shape index (κ3) is 3.47. The van der Waals surface area contributed by atoms with Crippen molar-refractivity contribution >= 4 is 15.9 Å². The maximum Gasteiger partial charge on any atom is 0.417 e. The largest absolute Gasteiger partial charge is 0.439 e. The van der Waals surface area contributed by atoms with Crippen LogP contribution in [0.3, 0.4) is 0 Å². The minimum Gasteiger partial charge on any atom is -0.439 e. The van der Waals surface area contributed by atoms with Gasteiger partial charge in [0.05, 0.1) is 18.3 Å². The summed E-state index contributed by atoms with van der Waals surface area (Å²) in [6, 6.07) is 4.46. The third-order valence-electron chi connectivity index (χ3n) is 3.23.